The molecule has 2 aromatic carbocycles. The zero-order valence-corrected chi connectivity index (χ0v) is 39.6. The van der Waals surface area contributed by atoms with Gasteiger partial charge in [0.25, 0.3) is 0 Å². The van der Waals surface area contributed by atoms with E-state index in [9.17, 15) is 19.2 Å². The molecule has 4 atom stereocenters. The number of thiophene rings is 1. The minimum atomic E-state index is -0.918. The first-order valence-corrected chi connectivity index (χ1v) is 23.3. The van der Waals surface area contributed by atoms with Gasteiger partial charge in [0.2, 0.25) is 18.0 Å². The van der Waals surface area contributed by atoms with Crippen molar-refractivity contribution in [2.75, 3.05) is 27.3 Å². The molecule has 1 fully saturated rings. The van der Waals surface area contributed by atoms with E-state index < -0.39 is 42.1 Å². The molecular weight excluding hydrogens is 908 g/mol. The van der Waals surface area contributed by atoms with Crippen LogP contribution < -0.4 is 15.4 Å². The van der Waals surface area contributed by atoms with Gasteiger partial charge in [-0.15, -0.1) is 11.3 Å². The summed E-state index contributed by atoms with van der Waals surface area (Å²) in [6.45, 7) is 10.2. The molecule has 1 unspecified atom stereocenters. The van der Waals surface area contributed by atoms with Crippen molar-refractivity contribution in [3.63, 3.8) is 0 Å². The second-order valence-electron chi connectivity index (χ2n) is 17.3. The largest absolute Gasteiger partial charge is 0.464 e. The third-order valence-electron chi connectivity index (χ3n) is 12.2. The lowest BCUT2D eigenvalue weighted by Crippen LogP contribution is -2.51. The predicted molar refractivity (Wildman–Crippen MR) is 248 cm³/mol. The number of fused-ring (bicyclic) bond motifs is 5. The first-order valence-electron chi connectivity index (χ1n) is 22.1. The molecule has 2 aliphatic heterocycles. The number of imidazole rings is 2. The first kappa shape index (κ1) is 47.0. The molecule has 8 rings (SSSR count). The van der Waals surface area contributed by atoms with Gasteiger partial charge >= 0.3 is 12.2 Å². The number of hydrogen-bond acceptors (Lipinski definition) is 10. The van der Waals surface area contributed by atoms with E-state index in [-0.39, 0.29) is 58.6 Å². The highest BCUT2D eigenvalue weighted by Gasteiger charge is 2.39. The van der Waals surface area contributed by atoms with Crippen molar-refractivity contribution >= 4 is 57.8 Å². The van der Waals surface area contributed by atoms with E-state index in [0.29, 0.717) is 74.8 Å². The van der Waals surface area contributed by atoms with Gasteiger partial charge in [-0.3, -0.25) is 14.2 Å². The van der Waals surface area contributed by atoms with Gasteiger partial charge in [0, 0.05) is 29.6 Å². The van der Waals surface area contributed by atoms with Gasteiger partial charge in [0.05, 0.1) is 76.6 Å². The van der Waals surface area contributed by atoms with E-state index in [1.54, 1.807) is 50.9 Å². The van der Waals surface area contributed by atoms with Crippen molar-refractivity contribution in [3.05, 3.63) is 87.4 Å². The summed E-state index contributed by atoms with van der Waals surface area (Å²) in [5.41, 5.74) is 2.39. The number of carbonyl (C=O) groups is 4. The summed E-state index contributed by atoms with van der Waals surface area (Å²) in [6.07, 6.45) is 2.88. The number of alkyl carbamates (subject to hydrolysis) is 2. The number of aromatic nitrogens is 5. The monoisotopic (exact) mass is 959 g/mol. The second kappa shape index (κ2) is 19.4. The number of nitrogens with one attached hydrogen (secondary N) is 4. The summed E-state index contributed by atoms with van der Waals surface area (Å²) in [5, 5.41) is 5.51. The van der Waals surface area contributed by atoms with Crippen molar-refractivity contribution < 1.29 is 42.2 Å². The van der Waals surface area contributed by atoms with E-state index in [1.807, 2.05) is 40.7 Å². The summed E-state index contributed by atoms with van der Waals surface area (Å²) in [5.74, 6) is -1.27. The second-order valence-corrected chi connectivity index (χ2v) is 19.0. The number of benzene rings is 2. The summed E-state index contributed by atoms with van der Waals surface area (Å²) in [4.78, 5) is 71.3. The van der Waals surface area contributed by atoms with Gasteiger partial charge in [-0.2, -0.15) is 0 Å². The van der Waals surface area contributed by atoms with Gasteiger partial charge in [-0.25, -0.2) is 28.3 Å². The topological polar surface area (TPSA) is 189 Å². The molecule has 4 amide bonds. The van der Waals surface area contributed by atoms with Crippen molar-refractivity contribution in [2.45, 2.75) is 84.8 Å². The SMILES string of the molecule is CCCN(Cc1ncc(-c2cc(F)c3c(c2)OC(c2ccc(Cl)s2)n2c-3c(F)c3cc(-c4cnc([C@@H]5CCCN5C(=O)[C@@H](NC(=O)OC)C(C)C)[nH]4)ccc32)[nH]1)C(=O)[C@@H](NC(=O)OC)C(C)C. The fourth-order valence-corrected chi connectivity index (χ4v) is 9.93. The van der Waals surface area contributed by atoms with Crippen LogP contribution in [-0.2, 0) is 25.6 Å². The summed E-state index contributed by atoms with van der Waals surface area (Å²) >= 11 is 7.69. The Bertz CT molecular complexity index is 2840. The summed E-state index contributed by atoms with van der Waals surface area (Å²) in [7, 11) is 2.48. The molecule has 2 aliphatic rings. The van der Waals surface area contributed by atoms with E-state index in [0.717, 1.165) is 6.42 Å². The summed E-state index contributed by atoms with van der Waals surface area (Å²) in [6, 6.07) is 9.68. The minimum absolute atomic E-state index is 0.00283. The Hall–Kier alpha value is -6.47. The van der Waals surface area contributed by atoms with Crippen LogP contribution in [-0.4, -0.2) is 97.7 Å². The lowest BCUT2D eigenvalue weighted by atomic mass is 10.0. The van der Waals surface area contributed by atoms with Crippen LogP contribution in [0.15, 0.2) is 54.9 Å². The number of halogens is 3. The third kappa shape index (κ3) is 9.18. The Labute approximate surface area is 394 Å². The van der Waals surface area contributed by atoms with Crippen LogP contribution in [0.2, 0.25) is 4.34 Å². The number of rotatable bonds is 14. The molecule has 16 nitrogen and oxygen atoms in total. The molecule has 67 heavy (non-hydrogen) atoms. The van der Waals surface area contributed by atoms with Crippen LogP contribution in [0.3, 0.4) is 0 Å². The molecular formula is C47H52ClF2N9O7S. The molecule has 0 radical (unpaired) electrons. The van der Waals surface area contributed by atoms with E-state index in [2.05, 4.69) is 30.6 Å². The van der Waals surface area contributed by atoms with Crippen molar-refractivity contribution in [1.82, 2.24) is 44.9 Å². The van der Waals surface area contributed by atoms with Crippen molar-refractivity contribution in [3.8, 4) is 39.5 Å². The molecule has 4 aromatic heterocycles. The van der Waals surface area contributed by atoms with Gasteiger partial charge in [-0.1, -0.05) is 52.3 Å². The molecule has 0 aliphatic carbocycles. The number of likely N-dealkylation sites (tertiary alicyclic amines) is 1. The number of methoxy groups -OCH3 is 2. The Kier molecular flexibility index (Phi) is 13.6. The highest BCUT2D eigenvalue weighted by molar-refractivity contribution is 7.16. The number of nitrogens with zero attached hydrogens (tertiary/aromatic N) is 5. The standard InChI is InChI=1S/C47H52ClF2N9O7S/c1-8-15-57(43(60)39(23(2)3)55-46(62)64-6)22-36-51-20-30(53-36)26-18-28(49)37-33(19-26)66-45(34-13-14-35(48)67-34)59-31-12-11-25(17-27(31)38(50)41(37)59)29-21-52-42(54-29)32-10-9-16-58(32)44(61)40(24(4)5)56-47(63)65-7/h11-14,17-21,23-24,32,39-40,45H,8-10,15-16,22H2,1-7H3,(H,51,53)(H,52,54)(H,55,62)(H,56,63)/t32-,39-,40-,45?/m0/s1. The van der Waals surface area contributed by atoms with Gasteiger partial charge in [0.1, 0.15) is 35.3 Å². The van der Waals surface area contributed by atoms with Gasteiger partial charge < -0.3 is 44.6 Å². The van der Waals surface area contributed by atoms with Crippen LogP contribution in [0, 0.1) is 23.5 Å². The molecule has 20 heteroatoms. The quantitative estimate of drug-likeness (QED) is 0.0825. The van der Waals surface area contributed by atoms with E-state index in [1.165, 1.54) is 37.8 Å². The lowest BCUT2D eigenvalue weighted by molar-refractivity contribution is -0.136. The lowest BCUT2D eigenvalue weighted by Gasteiger charge is -2.30. The van der Waals surface area contributed by atoms with Crippen LogP contribution in [0.25, 0.3) is 44.7 Å². The fourth-order valence-electron chi connectivity index (χ4n) is 8.85. The number of ether oxygens (including phenoxy) is 3. The normalized spacial score (nSPS) is 16.4. The number of H-pyrrole nitrogens is 2. The molecule has 6 heterocycles. The number of aromatic amines is 2. The van der Waals surface area contributed by atoms with E-state index >= 15 is 8.78 Å². The molecule has 4 N–H and O–H groups in total. The van der Waals surface area contributed by atoms with Crippen LogP contribution in [0.1, 0.15) is 82.7 Å². The smallest absolute Gasteiger partial charge is 0.407 e. The van der Waals surface area contributed by atoms with Crippen molar-refractivity contribution in [2.24, 2.45) is 11.8 Å². The Balaban J connectivity index is 1.11. The van der Waals surface area contributed by atoms with Crippen LogP contribution in [0.5, 0.6) is 5.75 Å². The number of carbonyl (C=O) groups excluding carboxylic acids is 4. The number of amides is 4. The average Bonchev–Trinajstić information content (AvgIpc) is 4.18. The molecule has 6 aromatic rings. The third-order valence-corrected chi connectivity index (χ3v) is 13.4. The Morgan fingerprint density at radius 2 is 1.64 bits per heavy atom. The average molecular weight is 961 g/mol. The molecule has 0 bridgehead atoms. The first-order chi connectivity index (χ1) is 32.1. The Morgan fingerprint density at radius 1 is 0.940 bits per heavy atom. The fraction of sp³-hybridized carbons (Fsp3) is 0.404. The maximum absolute atomic E-state index is 17.2. The van der Waals surface area contributed by atoms with Gasteiger partial charge in [-0.05, 0) is 67.5 Å². The van der Waals surface area contributed by atoms with Gasteiger partial charge in [0.15, 0.2) is 5.82 Å². The molecule has 0 saturated carbocycles. The molecule has 1 saturated heterocycles. The molecule has 0 spiro atoms. The highest BCUT2D eigenvalue weighted by Crippen LogP contribution is 2.50. The summed E-state index contributed by atoms with van der Waals surface area (Å²) < 4.78 is 52.2. The zero-order chi connectivity index (χ0) is 47.8. The zero-order valence-electron chi connectivity index (χ0n) is 38.0. The minimum Gasteiger partial charge on any atom is -0.464 e. The highest BCUT2D eigenvalue weighted by atomic mass is 35.5. The molecule has 354 valence electrons. The number of hydrogen-bond donors (Lipinski definition) is 4. The maximum Gasteiger partial charge on any atom is 0.407 e. The maximum atomic E-state index is 17.2. The predicted octanol–water partition coefficient (Wildman–Crippen LogP) is 9.18. The van der Waals surface area contributed by atoms with Crippen LogP contribution in [0.4, 0.5) is 18.4 Å². The Morgan fingerprint density at radius 3 is 2.31 bits per heavy atom. The van der Waals surface area contributed by atoms with E-state index in [4.69, 9.17) is 25.8 Å². The van der Waals surface area contributed by atoms with Crippen LogP contribution >= 0.6 is 22.9 Å². The van der Waals surface area contributed by atoms with Crippen molar-refractivity contribution in [1.29, 1.82) is 0 Å².